The predicted molar refractivity (Wildman–Crippen MR) is 54.5 cm³/mol. The fourth-order valence-corrected chi connectivity index (χ4v) is 1.61. The number of halogens is 3. The number of hydrogen-bond donors (Lipinski definition) is 0. The van der Waals surface area contributed by atoms with Gasteiger partial charge in [0.25, 0.3) is 0 Å². The zero-order valence-corrected chi connectivity index (χ0v) is 8.89. The zero-order chi connectivity index (χ0) is 10.3. The van der Waals surface area contributed by atoms with Gasteiger partial charge < -0.3 is 4.74 Å². The lowest BCUT2D eigenvalue weighted by atomic mass is 10.0. The first-order valence-electron chi connectivity index (χ1n) is 4.13. The van der Waals surface area contributed by atoms with Crippen LogP contribution in [0.3, 0.4) is 0 Å². The lowest BCUT2D eigenvalue weighted by Gasteiger charge is -2.32. The van der Waals surface area contributed by atoms with E-state index in [0.717, 1.165) is 0 Å². The molecule has 2 atom stereocenters. The molecule has 0 aromatic carbocycles. The highest BCUT2D eigenvalue weighted by atomic mass is 35.5. The van der Waals surface area contributed by atoms with Gasteiger partial charge in [0.05, 0.1) is 10.1 Å². The minimum Gasteiger partial charge on any atom is -0.341 e. The third-order valence-corrected chi connectivity index (χ3v) is 2.84. The van der Waals surface area contributed by atoms with Gasteiger partial charge in [0.2, 0.25) is 0 Å². The smallest absolute Gasteiger partial charge is 0.189 e. The average Bonchev–Trinajstić information content (AvgIpc) is 2.41. The molecule has 0 aromatic rings. The van der Waals surface area contributed by atoms with Crippen LogP contribution in [0.4, 0.5) is 4.39 Å². The van der Waals surface area contributed by atoms with Crippen molar-refractivity contribution in [3.8, 4) is 0 Å². The third kappa shape index (κ3) is 1.72. The molecular weight excluding hydrogens is 228 g/mol. The second-order valence-corrected chi connectivity index (χ2v) is 4.23. The molecule has 1 heterocycles. The standard InChI is InChI=1S/C9H8Cl2FNO/c1-9(12)4-13-8(9)14-5-2-6(10)7(11)3-5/h2-5,8H,1H3/t8-,9?/m0/s1. The third-order valence-electron chi connectivity index (χ3n) is 2.08. The average molecular weight is 236 g/mol. The molecule has 0 N–H and O–H groups in total. The molecule has 0 aromatic heterocycles. The second kappa shape index (κ2) is 3.33. The monoisotopic (exact) mass is 235 g/mol. The van der Waals surface area contributed by atoms with E-state index in [1.807, 2.05) is 0 Å². The number of rotatable bonds is 2. The Hall–Kier alpha value is -0.380. The molecule has 0 radical (unpaired) electrons. The van der Waals surface area contributed by atoms with Gasteiger partial charge in [-0.2, -0.15) is 0 Å². The minimum atomic E-state index is -1.48. The molecule has 76 valence electrons. The van der Waals surface area contributed by atoms with Crippen LogP contribution in [0.2, 0.25) is 0 Å². The summed E-state index contributed by atoms with van der Waals surface area (Å²) in [4.78, 5) is 3.77. The van der Waals surface area contributed by atoms with Crippen LogP contribution in [0, 0.1) is 0 Å². The van der Waals surface area contributed by atoms with Gasteiger partial charge in [0.1, 0.15) is 6.10 Å². The van der Waals surface area contributed by atoms with Crippen LogP contribution in [0.1, 0.15) is 6.92 Å². The fourth-order valence-electron chi connectivity index (χ4n) is 1.23. The maximum Gasteiger partial charge on any atom is 0.189 e. The first kappa shape index (κ1) is 10.1. The topological polar surface area (TPSA) is 21.6 Å². The lowest BCUT2D eigenvalue weighted by molar-refractivity contribution is -0.0410. The van der Waals surface area contributed by atoms with Gasteiger partial charge in [-0.3, -0.25) is 4.99 Å². The van der Waals surface area contributed by atoms with Crippen LogP contribution in [-0.4, -0.2) is 24.2 Å². The van der Waals surface area contributed by atoms with Crippen molar-refractivity contribution in [2.45, 2.75) is 24.9 Å². The van der Waals surface area contributed by atoms with E-state index in [0.29, 0.717) is 10.1 Å². The molecule has 0 fully saturated rings. The maximum atomic E-state index is 13.3. The Morgan fingerprint density at radius 1 is 1.43 bits per heavy atom. The van der Waals surface area contributed by atoms with Crippen molar-refractivity contribution >= 4 is 29.4 Å². The molecule has 1 aliphatic carbocycles. The number of alkyl halides is 1. The fraction of sp³-hybridized carbons (Fsp3) is 0.444. The second-order valence-electron chi connectivity index (χ2n) is 3.41. The molecule has 0 saturated heterocycles. The lowest BCUT2D eigenvalue weighted by Crippen LogP contribution is -2.46. The van der Waals surface area contributed by atoms with Crippen LogP contribution in [0.15, 0.2) is 27.2 Å². The minimum absolute atomic E-state index is 0.382. The Morgan fingerprint density at radius 2 is 2.00 bits per heavy atom. The molecule has 1 unspecified atom stereocenters. The van der Waals surface area contributed by atoms with Crippen molar-refractivity contribution < 1.29 is 9.13 Å². The molecule has 1 aliphatic heterocycles. The van der Waals surface area contributed by atoms with Crippen LogP contribution < -0.4 is 0 Å². The molecule has 0 bridgehead atoms. The largest absolute Gasteiger partial charge is 0.341 e. The predicted octanol–water partition coefficient (Wildman–Crippen LogP) is 2.77. The van der Waals surface area contributed by atoms with E-state index in [2.05, 4.69) is 4.99 Å². The summed E-state index contributed by atoms with van der Waals surface area (Å²) >= 11 is 11.4. The molecule has 0 amide bonds. The summed E-state index contributed by atoms with van der Waals surface area (Å²) in [6.07, 6.45) is 3.32. The van der Waals surface area contributed by atoms with Crippen molar-refractivity contribution in [1.29, 1.82) is 0 Å². The number of allylic oxidation sites excluding steroid dienone is 2. The van der Waals surface area contributed by atoms with Crippen molar-refractivity contribution in [1.82, 2.24) is 0 Å². The van der Waals surface area contributed by atoms with Crippen molar-refractivity contribution in [3.05, 3.63) is 22.2 Å². The first-order chi connectivity index (χ1) is 6.49. The van der Waals surface area contributed by atoms with Crippen molar-refractivity contribution in [3.63, 3.8) is 0 Å². The van der Waals surface area contributed by atoms with Crippen LogP contribution in [0.5, 0.6) is 0 Å². The molecule has 0 spiro atoms. The normalized spacial score (nSPS) is 36.7. The highest BCUT2D eigenvalue weighted by Gasteiger charge is 2.41. The molecule has 14 heavy (non-hydrogen) atoms. The molecule has 2 aliphatic rings. The molecular formula is C9H8Cl2FNO. The van der Waals surface area contributed by atoms with Crippen LogP contribution in [-0.2, 0) is 4.74 Å². The number of hydrogen-bond acceptors (Lipinski definition) is 2. The summed E-state index contributed by atoms with van der Waals surface area (Å²) in [5.74, 6) is 0. The van der Waals surface area contributed by atoms with Gasteiger partial charge in [-0.15, -0.1) is 0 Å². The van der Waals surface area contributed by atoms with Gasteiger partial charge in [0.15, 0.2) is 11.9 Å². The van der Waals surface area contributed by atoms with Gasteiger partial charge >= 0.3 is 0 Å². The number of ether oxygens (including phenoxy) is 1. The van der Waals surface area contributed by atoms with E-state index >= 15 is 0 Å². The van der Waals surface area contributed by atoms with Crippen molar-refractivity contribution in [2.24, 2.45) is 4.99 Å². The number of nitrogens with zero attached hydrogens (tertiary/aromatic N) is 1. The summed E-state index contributed by atoms with van der Waals surface area (Å²) in [6, 6.07) is 0. The van der Waals surface area contributed by atoms with Gasteiger partial charge in [-0.1, -0.05) is 23.2 Å². The van der Waals surface area contributed by atoms with E-state index in [4.69, 9.17) is 27.9 Å². The highest BCUT2D eigenvalue weighted by molar-refractivity contribution is 6.44. The molecule has 2 rings (SSSR count). The Bertz CT molecular complexity index is 331. The Kier molecular flexibility index (Phi) is 2.41. The van der Waals surface area contributed by atoms with Gasteiger partial charge in [-0.25, -0.2) is 4.39 Å². The summed E-state index contributed by atoms with van der Waals surface area (Å²) < 4.78 is 18.6. The SMILES string of the molecule is CC1(F)C=N[C@H]1OC1C=C(Cl)C(Cl)=C1. The molecule has 5 heteroatoms. The van der Waals surface area contributed by atoms with Crippen LogP contribution in [0.25, 0.3) is 0 Å². The van der Waals surface area contributed by atoms with E-state index in [-0.39, 0.29) is 6.10 Å². The summed E-state index contributed by atoms with van der Waals surface area (Å²) in [5.41, 5.74) is -1.48. The Balaban J connectivity index is 1.99. The summed E-state index contributed by atoms with van der Waals surface area (Å²) in [7, 11) is 0. The molecule has 0 saturated carbocycles. The van der Waals surface area contributed by atoms with E-state index in [9.17, 15) is 4.39 Å². The Labute approximate surface area is 91.0 Å². The van der Waals surface area contributed by atoms with E-state index in [1.54, 1.807) is 12.2 Å². The first-order valence-corrected chi connectivity index (χ1v) is 4.88. The Morgan fingerprint density at radius 3 is 2.36 bits per heavy atom. The van der Waals surface area contributed by atoms with E-state index < -0.39 is 11.9 Å². The van der Waals surface area contributed by atoms with Crippen molar-refractivity contribution in [2.75, 3.05) is 0 Å². The van der Waals surface area contributed by atoms with Crippen LogP contribution >= 0.6 is 23.2 Å². The van der Waals surface area contributed by atoms with Gasteiger partial charge in [-0.05, 0) is 19.1 Å². The zero-order valence-electron chi connectivity index (χ0n) is 7.38. The highest BCUT2D eigenvalue weighted by Crippen LogP contribution is 2.32. The molecule has 2 nitrogen and oxygen atoms in total. The number of aliphatic imine (C=N–C) groups is 1. The van der Waals surface area contributed by atoms with E-state index in [1.165, 1.54) is 13.1 Å². The summed E-state index contributed by atoms with van der Waals surface area (Å²) in [6.45, 7) is 1.41. The summed E-state index contributed by atoms with van der Waals surface area (Å²) in [5, 5.41) is 0.862. The maximum absolute atomic E-state index is 13.3. The van der Waals surface area contributed by atoms with Gasteiger partial charge in [0, 0.05) is 6.21 Å². The quantitative estimate of drug-likeness (QED) is 0.722.